The van der Waals surface area contributed by atoms with E-state index < -0.39 is 0 Å². The van der Waals surface area contributed by atoms with Crippen molar-refractivity contribution in [2.45, 2.75) is 25.6 Å². The van der Waals surface area contributed by atoms with Crippen LogP contribution in [0.4, 0.5) is 5.82 Å². The van der Waals surface area contributed by atoms with Gasteiger partial charge in [-0.05, 0) is 35.9 Å². The largest absolute Gasteiger partial charge is 0.394 e. The van der Waals surface area contributed by atoms with Gasteiger partial charge in [-0.15, -0.1) is 0 Å². The van der Waals surface area contributed by atoms with Crippen molar-refractivity contribution < 1.29 is 5.11 Å². The van der Waals surface area contributed by atoms with Crippen molar-refractivity contribution in [3.05, 3.63) is 16.7 Å². The molecular formula is C10H16BrN5O. The van der Waals surface area contributed by atoms with Gasteiger partial charge in [-0.2, -0.15) is 5.10 Å². The summed E-state index contributed by atoms with van der Waals surface area (Å²) in [4.78, 5) is 0. The molecule has 94 valence electrons. The number of hydrogen-bond donors (Lipinski definition) is 4. The van der Waals surface area contributed by atoms with Crippen molar-refractivity contribution in [2.24, 2.45) is 5.73 Å². The number of aliphatic hydroxyl groups is 1. The highest BCUT2D eigenvalue weighted by Gasteiger charge is 2.25. The highest BCUT2D eigenvalue weighted by Crippen LogP contribution is 2.27. The summed E-state index contributed by atoms with van der Waals surface area (Å²) in [5.74, 6) is 1.35. The maximum absolute atomic E-state index is 9.23. The van der Waals surface area contributed by atoms with Gasteiger partial charge in [0.05, 0.1) is 17.3 Å². The molecule has 0 amide bonds. The third-order valence-electron chi connectivity index (χ3n) is 2.54. The first-order chi connectivity index (χ1) is 7.93. The van der Waals surface area contributed by atoms with Crippen LogP contribution in [0.1, 0.15) is 13.8 Å². The van der Waals surface area contributed by atoms with Gasteiger partial charge < -0.3 is 16.2 Å². The summed E-state index contributed by atoms with van der Waals surface area (Å²) in [5, 5.41) is 19.9. The van der Waals surface area contributed by atoms with Crippen LogP contribution in [0.2, 0.25) is 0 Å². The molecule has 0 aromatic carbocycles. The van der Waals surface area contributed by atoms with E-state index in [1.807, 2.05) is 19.9 Å². The second-order valence-electron chi connectivity index (χ2n) is 4.65. The summed E-state index contributed by atoms with van der Waals surface area (Å²) < 4.78 is 2.47. The number of aromatic nitrogens is 2. The van der Waals surface area contributed by atoms with Crippen LogP contribution >= 0.6 is 15.9 Å². The van der Waals surface area contributed by atoms with E-state index in [0.29, 0.717) is 5.82 Å². The van der Waals surface area contributed by atoms with Gasteiger partial charge in [-0.25, -0.2) is 4.68 Å². The second kappa shape index (κ2) is 4.32. The van der Waals surface area contributed by atoms with Gasteiger partial charge in [0.15, 0.2) is 0 Å². The smallest absolute Gasteiger partial charge is 0.147 e. The van der Waals surface area contributed by atoms with E-state index in [-0.39, 0.29) is 18.3 Å². The van der Waals surface area contributed by atoms with Crippen molar-refractivity contribution in [3.8, 4) is 0 Å². The minimum absolute atomic E-state index is 0.0410. The van der Waals surface area contributed by atoms with E-state index >= 15 is 0 Å². The van der Waals surface area contributed by atoms with E-state index in [9.17, 15) is 5.11 Å². The van der Waals surface area contributed by atoms with Crippen molar-refractivity contribution in [3.63, 3.8) is 0 Å². The van der Waals surface area contributed by atoms with Crippen LogP contribution < -0.4 is 16.4 Å². The Balaban J connectivity index is 2.21. The van der Waals surface area contributed by atoms with Crippen LogP contribution in [0.5, 0.6) is 0 Å². The highest BCUT2D eigenvalue weighted by atomic mass is 79.9. The molecule has 0 aliphatic carbocycles. The Labute approximate surface area is 108 Å². The lowest BCUT2D eigenvalue weighted by Crippen LogP contribution is -2.52. The number of aliphatic hydroxyl groups excluding tert-OH is 1. The van der Waals surface area contributed by atoms with E-state index in [1.165, 1.54) is 0 Å². The Morgan fingerprint density at radius 2 is 2.41 bits per heavy atom. The minimum Gasteiger partial charge on any atom is -0.394 e. The summed E-state index contributed by atoms with van der Waals surface area (Å²) in [5.41, 5.74) is 5.52. The molecule has 1 aliphatic heterocycles. The average molecular weight is 302 g/mol. The molecule has 1 aromatic heterocycles. The first kappa shape index (κ1) is 12.4. The Hall–Kier alpha value is -1.05. The highest BCUT2D eigenvalue weighted by molar-refractivity contribution is 9.10. The minimum atomic E-state index is -0.386. The van der Waals surface area contributed by atoms with Gasteiger partial charge in [-0.3, -0.25) is 5.32 Å². The quantitative estimate of drug-likeness (QED) is 0.653. The first-order valence-electron chi connectivity index (χ1n) is 5.29. The van der Waals surface area contributed by atoms with Crippen LogP contribution in [-0.4, -0.2) is 33.2 Å². The standard InChI is InChI=1S/C10H16BrN5O/c1-10(2,5-17)15-8-3-7(12)16-9(14-8)6(11)4-13-16/h3-4,8,14-15,17H,5,12H2,1-2H3. The maximum atomic E-state index is 9.23. The molecule has 1 unspecified atom stereocenters. The van der Waals surface area contributed by atoms with Crippen LogP contribution in [0.15, 0.2) is 16.7 Å². The third kappa shape index (κ3) is 2.46. The summed E-state index contributed by atoms with van der Waals surface area (Å²) in [6.45, 7) is 3.87. The van der Waals surface area contributed by atoms with Gasteiger partial charge in [0.2, 0.25) is 0 Å². The van der Waals surface area contributed by atoms with E-state index in [0.717, 1.165) is 10.3 Å². The predicted octanol–water partition coefficient (Wildman–Crippen LogP) is 0.515. The van der Waals surface area contributed by atoms with Crippen LogP contribution in [0, 0.1) is 0 Å². The summed E-state index contributed by atoms with van der Waals surface area (Å²) in [6.07, 6.45) is 3.37. The third-order valence-corrected chi connectivity index (χ3v) is 3.12. The van der Waals surface area contributed by atoms with Crippen LogP contribution in [-0.2, 0) is 0 Å². The molecule has 0 bridgehead atoms. The molecule has 0 saturated heterocycles. The summed E-state index contributed by atoms with van der Waals surface area (Å²) >= 11 is 3.40. The van der Waals surface area contributed by atoms with E-state index in [4.69, 9.17) is 5.73 Å². The number of nitrogens with two attached hydrogens (primary N) is 1. The number of anilines is 1. The number of fused-ring (bicyclic) bond motifs is 1. The molecule has 0 fully saturated rings. The SMILES string of the molecule is CC(C)(CO)NC1C=C(N)n2ncc(Br)c2N1. The lowest BCUT2D eigenvalue weighted by molar-refractivity contribution is 0.184. The van der Waals surface area contributed by atoms with Crippen molar-refractivity contribution in [1.82, 2.24) is 15.1 Å². The summed E-state index contributed by atoms with van der Waals surface area (Å²) in [7, 11) is 0. The molecule has 2 heterocycles. The number of nitrogens with zero attached hydrogens (tertiary/aromatic N) is 2. The molecule has 6 nitrogen and oxygen atoms in total. The van der Waals surface area contributed by atoms with E-state index in [1.54, 1.807) is 10.9 Å². The second-order valence-corrected chi connectivity index (χ2v) is 5.51. The first-order valence-corrected chi connectivity index (χ1v) is 6.08. The Morgan fingerprint density at radius 1 is 1.71 bits per heavy atom. The van der Waals surface area contributed by atoms with Crippen molar-refractivity contribution in [1.29, 1.82) is 0 Å². The molecule has 2 rings (SSSR count). The number of halogens is 1. The lowest BCUT2D eigenvalue weighted by atomic mass is 10.1. The lowest BCUT2D eigenvalue weighted by Gasteiger charge is -2.32. The van der Waals surface area contributed by atoms with Gasteiger partial charge in [0, 0.05) is 5.54 Å². The molecule has 7 heteroatoms. The van der Waals surface area contributed by atoms with Gasteiger partial charge in [0.25, 0.3) is 0 Å². The molecule has 0 spiro atoms. The molecule has 5 N–H and O–H groups in total. The van der Waals surface area contributed by atoms with Crippen molar-refractivity contribution >= 4 is 27.6 Å². The average Bonchev–Trinajstić information content (AvgIpc) is 2.61. The number of nitrogens with one attached hydrogen (secondary N) is 2. The Morgan fingerprint density at radius 3 is 3.06 bits per heavy atom. The number of hydrogen-bond acceptors (Lipinski definition) is 5. The van der Waals surface area contributed by atoms with Crippen LogP contribution in [0.3, 0.4) is 0 Å². The Bertz CT molecular complexity index is 454. The van der Waals surface area contributed by atoms with Crippen LogP contribution in [0.25, 0.3) is 5.82 Å². The fourth-order valence-corrected chi connectivity index (χ4v) is 2.00. The maximum Gasteiger partial charge on any atom is 0.147 e. The molecule has 0 saturated carbocycles. The molecule has 17 heavy (non-hydrogen) atoms. The fraction of sp³-hybridized carbons (Fsp3) is 0.500. The zero-order valence-corrected chi connectivity index (χ0v) is 11.3. The monoisotopic (exact) mass is 301 g/mol. The van der Waals surface area contributed by atoms with E-state index in [2.05, 4.69) is 31.7 Å². The van der Waals surface area contributed by atoms with Gasteiger partial charge in [0.1, 0.15) is 17.8 Å². The number of rotatable bonds is 3. The molecule has 1 atom stereocenters. The summed E-state index contributed by atoms with van der Waals surface area (Å²) in [6, 6.07) is 0. The zero-order valence-electron chi connectivity index (χ0n) is 9.74. The molecular weight excluding hydrogens is 286 g/mol. The van der Waals surface area contributed by atoms with Crippen molar-refractivity contribution in [2.75, 3.05) is 11.9 Å². The molecule has 1 aromatic rings. The zero-order chi connectivity index (χ0) is 12.6. The fourth-order valence-electron chi connectivity index (χ4n) is 1.63. The van der Waals surface area contributed by atoms with Gasteiger partial charge >= 0.3 is 0 Å². The Kier molecular flexibility index (Phi) is 3.15. The molecule has 0 radical (unpaired) electrons. The normalized spacial score (nSPS) is 19.5. The predicted molar refractivity (Wildman–Crippen MR) is 70.1 cm³/mol. The van der Waals surface area contributed by atoms with Gasteiger partial charge in [-0.1, -0.05) is 0 Å². The molecule has 1 aliphatic rings. The topological polar surface area (TPSA) is 88.1 Å².